The highest BCUT2D eigenvalue weighted by Gasteiger charge is 2.29. The fraction of sp³-hybridized carbons (Fsp3) is 0.400. The normalized spacial score (nSPS) is 14.4. The molecular formula is C20H26N4O2S. The number of thiophene rings is 1. The van der Waals surface area contributed by atoms with E-state index in [2.05, 4.69) is 24.5 Å². The fourth-order valence-electron chi connectivity index (χ4n) is 2.99. The quantitative estimate of drug-likeness (QED) is 0.665. The molecule has 0 atom stereocenters. The van der Waals surface area contributed by atoms with E-state index in [1.54, 1.807) is 17.0 Å². The molecule has 0 radical (unpaired) electrons. The van der Waals surface area contributed by atoms with Crippen LogP contribution < -0.4 is 16.4 Å². The van der Waals surface area contributed by atoms with Crippen LogP contribution in [0.1, 0.15) is 39.4 Å². The van der Waals surface area contributed by atoms with Gasteiger partial charge in [0.25, 0.3) is 5.91 Å². The van der Waals surface area contributed by atoms with Gasteiger partial charge in [0, 0.05) is 38.3 Å². The first-order valence-corrected chi connectivity index (χ1v) is 10.1. The van der Waals surface area contributed by atoms with Crippen LogP contribution in [0.15, 0.2) is 30.3 Å². The minimum atomic E-state index is -0.148. The summed E-state index contributed by atoms with van der Waals surface area (Å²) in [6, 6.07) is 9.04. The summed E-state index contributed by atoms with van der Waals surface area (Å²) in [5.74, 6) is 0.150. The zero-order valence-electron chi connectivity index (χ0n) is 15.7. The van der Waals surface area contributed by atoms with E-state index in [1.807, 2.05) is 18.2 Å². The van der Waals surface area contributed by atoms with Gasteiger partial charge < -0.3 is 21.3 Å². The highest BCUT2D eigenvalue weighted by molar-refractivity contribution is 7.19. The van der Waals surface area contributed by atoms with Crippen molar-refractivity contribution in [1.82, 2.24) is 10.2 Å². The van der Waals surface area contributed by atoms with Gasteiger partial charge in [-0.25, -0.2) is 0 Å². The number of rotatable bonds is 6. The molecule has 1 aliphatic heterocycles. The van der Waals surface area contributed by atoms with Crippen LogP contribution >= 0.6 is 11.3 Å². The van der Waals surface area contributed by atoms with Crippen LogP contribution in [0.3, 0.4) is 0 Å². The second-order valence-electron chi connectivity index (χ2n) is 7.06. The maximum atomic E-state index is 13.1. The summed E-state index contributed by atoms with van der Waals surface area (Å²) in [6.07, 6.45) is 0. The lowest BCUT2D eigenvalue weighted by atomic mass is 10.1. The zero-order chi connectivity index (χ0) is 19.4. The molecule has 3 rings (SSSR count). The molecule has 0 spiro atoms. The second kappa shape index (κ2) is 8.54. The molecule has 4 N–H and O–H groups in total. The number of carbonyl (C=O) groups excluding carboxylic acids is 2. The number of nitrogen functional groups attached to an aromatic ring is 1. The third-order valence-corrected chi connectivity index (χ3v) is 5.64. The summed E-state index contributed by atoms with van der Waals surface area (Å²) >= 11 is 1.27. The molecule has 2 heterocycles. The van der Waals surface area contributed by atoms with Gasteiger partial charge in [-0.1, -0.05) is 44.2 Å². The van der Waals surface area contributed by atoms with Gasteiger partial charge >= 0.3 is 0 Å². The Morgan fingerprint density at radius 1 is 1.22 bits per heavy atom. The lowest BCUT2D eigenvalue weighted by Gasteiger charge is -2.27. The molecule has 1 fully saturated rings. The average Bonchev–Trinajstić information content (AvgIpc) is 3.02. The maximum Gasteiger partial charge on any atom is 0.259 e. The molecule has 6 nitrogen and oxygen atoms in total. The van der Waals surface area contributed by atoms with Crippen LogP contribution in [0.4, 0.5) is 10.7 Å². The highest BCUT2D eigenvalue weighted by Crippen LogP contribution is 2.38. The summed E-state index contributed by atoms with van der Waals surface area (Å²) in [5.41, 5.74) is 7.63. The molecule has 27 heavy (non-hydrogen) atoms. The van der Waals surface area contributed by atoms with E-state index in [9.17, 15) is 9.59 Å². The van der Waals surface area contributed by atoms with Crippen molar-refractivity contribution in [3.8, 4) is 0 Å². The topological polar surface area (TPSA) is 87.5 Å². The maximum absolute atomic E-state index is 13.1. The van der Waals surface area contributed by atoms with E-state index in [0.29, 0.717) is 46.6 Å². The van der Waals surface area contributed by atoms with Gasteiger partial charge in [-0.05, 0) is 5.92 Å². The number of nitrogens with zero attached hydrogens (tertiary/aromatic N) is 1. The standard InChI is InChI=1S/C20H26N4O2S/c1-13(2)12-23-19-15(20(26)24-10-8-22-9-11-24)16(21)18(27-19)17(25)14-6-4-3-5-7-14/h3-7,13,22-23H,8-12,21H2,1-2H3. The Balaban J connectivity index is 1.98. The van der Waals surface area contributed by atoms with E-state index in [4.69, 9.17) is 5.73 Å². The number of nitrogens with two attached hydrogens (primary N) is 1. The molecule has 7 heteroatoms. The summed E-state index contributed by atoms with van der Waals surface area (Å²) in [4.78, 5) is 28.3. The number of ketones is 1. The Kier molecular flexibility index (Phi) is 6.13. The molecule has 1 saturated heterocycles. The molecule has 144 valence electrons. The first-order valence-electron chi connectivity index (χ1n) is 9.25. The van der Waals surface area contributed by atoms with Crippen molar-refractivity contribution in [1.29, 1.82) is 0 Å². The number of hydrogen-bond acceptors (Lipinski definition) is 6. The van der Waals surface area contributed by atoms with Gasteiger partial charge in [0.15, 0.2) is 0 Å². The molecule has 0 unspecified atom stereocenters. The Hall–Kier alpha value is -2.38. The molecule has 0 bridgehead atoms. The Morgan fingerprint density at radius 2 is 1.89 bits per heavy atom. The Morgan fingerprint density at radius 3 is 2.52 bits per heavy atom. The molecule has 1 aromatic carbocycles. The average molecular weight is 387 g/mol. The highest BCUT2D eigenvalue weighted by atomic mass is 32.1. The Labute approximate surface area is 163 Å². The molecule has 2 aromatic rings. The molecule has 1 amide bonds. The van der Waals surface area contributed by atoms with Crippen LogP contribution in [-0.2, 0) is 0 Å². The van der Waals surface area contributed by atoms with E-state index >= 15 is 0 Å². The Bertz CT molecular complexity index is 811. The molecular weight excluding hydrogens is 360 g/mol. The predicted molar refractivity (Wildman–Crippen MR) is 111 cm³/mol. The SMILES string of the molecule is CC(C)CNc1sc(C(=O)c2ccccc2)c(N)c1C(=O)N1CCNCC1. The molecule has 1 aromatic heterocycles. The van der Waals surface area contributed by atoms with Gasteiger partial charge in [-0.15, -0.1) is 11.3 Å². The van der Waals surface area contributed by atoms with Crippen molar-refractivity contribution in [3.63, 3.8) is 0 Å². The van der Waals surface area contributed by atoms with Crippen molar-refractivity contribution in [3.05, 3.63) is 46.3 Å². The summed E-state index contributed by atoms with van der Waals surface area (Å²) < 4.78 is 0. The number of benzene rings is 1. The molecule has 0 aliphatic carbocycles. The van der Waals surface area contributed by atoms with Crippen LogP contribution in [0.5, 0.6) is 0 Å². The summed E-state index contributed by atoms with van der Waals surface area (Å²) in [6.45, 7) is 7.70. The van der Waals surface area contributed by atoms with Gasteiger partial charge in [0.2, 0.25) is 5.78 Å². The number of carbonyl (C=O) groups is 2. The molecule has 0 saturated carbocycles. The van der Waals surface area contributed by atoms with Crippen molar-refractivity contribution >= 4 is 33.7 Å². The van der Waals surface area contributed by atoms with E-state index in [1.165, 1.54) is 11.3 Å². The van der Waals surface area contributed by atoms with Gasteiger partial charge in [0.05, 0.1) is 11.3 Å². The van der Waals surface area contributed by atoms with Crippen molar-refractivity contribution in [2.75, 3.05) is 43.8 Å². The lowest BCUT2D eigenvalue weighted by molar-refractivity contribution is 0.0738. The summed E-state index contributed by atoms with van der Waals surface area (Å²) in [7, 11) is 0. The number of hydrogen-bond donors (Lipinski definition) is 3. The van der Waals surface area contributed by atoms with Gasteiger partial charge in [0.1, 0.15) is 9.88 Å². The predicted octanol–water partition coefficient (Wildman–Crippen LogP) is 2.67. The van der Waals surface area contributed by atoms with Crippen molar-refractivity contribution in [2.45, 2.75) is 13.8 Å². The number of piperazine rings is 1. The van der Waals surface area contributed by atoms with Gasteiger partial charge in [-0.3, -0.25) is 9.59 Å². The minimum absolute atomic E-state index is 0.108. The van der Waals surface area contributed by atoms with Crippen LogP contribution in [0.25, 0.3) is 0 Å². The first-order chi connectivity index (χ1) is 13.0. The monoisotopic (exact) mass is 386 g/mol. The number of anilines is 2. The number of amides is 1. The largest absolute Gasteiger partial charge is 0.397 e. The van der Waals surface area contributed by atoms with E-state index < -0.39 is 0 Å². The zero-order valence-corrected chi connectivity index (χ0v) is 16.6. The van der Waals surface area contributed by atoms with Gasteiger partial charge in [-0.2, -0.15) is 0 Å². The third-order valence-electron chi connectivity index (χ3n) is 4.48. The van der Waals surface area contributed by atoms with Crippen LogP contribution in [0, 0.1) is 5.92 Å². The number of nitrogens with one attached hydrogen (secondary N) is 2. The van der Waals surface area contributed by atoms with Crippen molar-refractivity contribution < 1.29 is 9.59 Å². The van der Waals surface area contributed by atoms with Crippen LogP contribution in [0.2, 0.25) is 0 Å². The minimum Gasteiger partial charge on any atom is -0.397 e. The third kappa shape index (κ3) is 4.31. The summed E-state index contributed by atoms with van der Waals surface area (Å²) in [5, 5.41) is 7.25. The second-order valence-corrected chi connectivity index (χ2v) is 8.08. The van der Waals surface area contributed by atoms with E-state index in [0.717, 1.165) is 13.1 Å². The molecule has 1 aliphatic rings. The lowest BCUT2D eigenvalue weighted by Crippen LogP contribution is -2.46. The van der Waals surface area contributed by atoms with Crippen molar-refractivity contribution in [2.24, 2.45) is 5.92 Å². The smallest absolute Gasteiger partial charge is 0.259 e. The van der Waals surface area contributed by atoms with Crippen LogP contribution in [-0.4, -0.2) is 49.3 Å². The first kappa shape index (κ1) is 19.4. The fourth-order valence-corrected chi connectivity index (χ4v) is 4.07. The van der Waals surface area contributed by atoms with E-state index in [-0.39, 0.29) is 17.4 Å².